The lowest BCUT2D eigenvalue weighted by Crippen LogP contribution is -2.67. The Morgan fingerprint density at radius 1 is 0.762 bits per heavy atom. The molecule has 1 N–H and O–H groups in total. The largest absolute Gasteiger partial charge is 0.587 e. The van der Waals surface area contributed by atoms with Crippen LogP contribution in [0.25, 0.3) is 0 Å². The van der Waals surface area contributed by atoms with E-state index in [9.17, 15) is 4.32 Å². The molecule has 0 radical (unpaired) electrons. The van der Waals surface area contributed by atoms with Crippen molar-refractivity contribution in [3.63, 3.8) is 0 Å². The first kappa shape index (κ1) is 21.1. The molecule has 0 heterocycles. The van der Waals surface area contributed by atoms with Crippen molar-refractivity contribution in [1.82, 2.24) is 4.89 Å². The fourth-order valence-corrected chi connectivity index (χ4v) is 5.17. The Bertz CT molecular complexity index is 311. The van der Waals surface area contributed by atoms with E-state index in [-0.39, 0.29) is 16.2 Å². The van der Waals surface area contributed by atoms with Crippen LogP contribution in [0.5, 0.6) is 0 Å². The van der Waals surface area contributed by atoms with E-state index in [1.807, 2.05) is 0 Å². The summed E-state index contributed by atoms with van der Waals surface area (Å²) >= 11 is 0. The summed E-state index contributed by atoms with van der Waals surface area (Å²) in [6.07, 6.45) is 0. The van der Waals surface area contributed by atoms with Crippen LogP contribution in [0.4, 0.5) is 4.32 Å². The summed E-state index contributed by atoms with van der Waals surface area (Å²) in [5, 5.41) is 0. The highest BCUT2D eigenvalue weighted by Crippen LogP contribution is 2.56. The van der Waals surface area contributed by atoms with Crippen LogP contribution < -0.4 is 4.89 Å². The maximum Gasteiger partial charge on any atom is 0.587 e. The van der Waals surface area contributed by atoms with Crippen LogP contribution in [0.1, 0.15) is 62.3 Å². The van der Waals surface area contributed by atoms with Crippen molar-refractivity contribution < 1.29 is 8.97 Å². The minimum Gasteiger partial charge on any atom is -0.387 e. The van der Waals surface area contributed by atoms with Gasteiger partial charge in [-0.15, -0.1) is 0 Å². The van der Waals surface area contributed by atoms with Crippen molar-refractivity contribution in [2.75, 3.05) is 0 Å². The second-order valence-electron chi connectivity index (χ2n) is 10.3. The van der Waals surface area contributed by atoms with Gasteiger partial charge in [-0.2, -0.15) is 0 Å². The number of hydrogen-bond donors (Lipinski definition) is 1. The molecule has 0 rings (SSSR count). The van der Waals surface area contributed by atoms with Crippen molar-refractivity contribution in [2.24, 2.45) is 16.2 Å². The summed E-state index contributed by atoms with van der Waals surface area (Å²) in [5.74, 6) is 0. The molecule has 0 bridgehead atoms. The molecule has 0 unspecified atom stereocenters. The molecular weight excluding hydrogens is 280 g/mol. The molecule has 0 aromatic carbocycles. The summed E-state index contributed by atoms with van der Waals surface area (Å²) in [6.45, 7) is 25.5. The monoisotopic (exact) mass is 317 g/mol. The second kappa shape index (κ2) is 5.97. The van der Waals surface area contributed by atoms with Gasteiger partial charge in [-0.1, -0.05) is 82.0 Å². The van der Waals surface area contributed by atoms with Crippen LogP contribution in [-0.2, 0) is 4.65 Å². The van der Waals surface area contributed by atoms with Crippen LogP contribution in [-0.4, -0.2) is 21.2 Å². The topological polar surface area (TPSA) is 21.3 Å². The normalized spacial score (nSPS) is 15.3. The molecule has 0 aromatic rings. The van der Waals surface area contributed by atoms with E-state index in [1.165, 1.54) is 0 Å². The lowest BCUT2D eigenvalue weighted by atomic mass is 9.52. The third-order valence-electron chi connectivity index (χ3n) is 4.00. The molecule has 0 amide bonds. The van der Waals surface area contributed by atoms with Gasteiger partial charge in [-0.3, -0.25) is 4.32 Å². The number of hydrogen-bond acceptors (Lipinski definition) is 2. The van der Waals surface area contributed by atoms with Gasteiger partial charge in [0.1, 0.15) is 8.24 Å². The van der Waals surface area contributed by atoms with E-state index >= 15 is 0 Å². The second-order valence-corrected chi connectivity index (χ2v) is 15.0. The summed E-state index contributed by atoms with van der Waals surface area (Å²) < 4.78 is 20.9. The van der Waals surface area contributed by atoms with Gasteiger partial charge in [-0.05, 0) is 16.2 Å². The molecule has 0 fully saturated rings. The molecule has 0 aliphatic carbocycles. The summed E-state index contributed by atoms with van der Waals surface area (Å²) in [5.41, 5.74) is -1.21. The zero-order chi connectivity index (χ0) is 17.5. The van der Waals surface area contributed by atoms with E-state index in [1.54, 1.807) is 0 Å². The van der Waals surface area contributed by atoms with Gasteiger partial charge in [0.15, 0.2) is 0 Å². The first-order valence-electron chi connectivity index (χ1n) is 7.95. The molecule has 0 saturated carbocycles. The van der Waals surface area contributed by atoms with E-state index in [0.717, 1.165) is 0 Å². The first-order valence-corrected chi connectivity index (χ1v) is 11.4. The van der Waals surface area contributed by atoms with Crippen molar-refractivity contribution in [1.29, 1.82) is 0 Å². The smallest absolute Gasteiger partial charge is 0.387 e. The third-order valence-corrected chi connectivity index (χ3v) is 5.09. The van der Waals surface area contributed by atoms with E-state index in [4.69, 9.17) is 4.65 Å². The Balaban J connectivity index is 5.85. The van der Waals surface area contributed by atoms with Crippen LogP contribution in [0, 0.1) is 16.2 Å². The van der Waals surface area contributed by atoms with Gasteiger partial charge < -0.3 is 9.55 Å². The fraction of sp³-hybridized carbons (Fsp3) is 1.00. The van der Waals surface area contributed by atoms with Crippen LogP contribution in [0.15, 0.2) is 0 Å². The Labute approximate surface area is 133 Å². The van der Waals surface area contributed by atoms with Gasteiger partial charge >= 0.3 is 7.33 Å². The van der Waals surface area contributed by atoms with Gasteiger partial charge in [0, 0.05) is 0 Å². The highest BCUT2D eigenvalue weighted by molar-refractivity contribution is 6.80. The Hall–Kier alpha value is 0.132. The van der Waals surface area contributed by atoms with E-state index in [2.05, 4.69) is 86.8 Å². The lowest BCUT2D eigenvalue weighted by molar-refractivity contribution is -0.191. The van der Waals surface area contributed by atoms with Gasteiger partial charge in [0.25, 0.3) is 0 Å². The molecular formula is C16H37BFNOSi. The molecule has 0 aromatic heterocycles. The molecule has 126 valence electrons. The Morgan fingerprint density at radius 3 is 1.24 bits per heavy atom. The Morgan fingerprint density at radius 2 is 1.05 bits per heavy atom. The third kappa shape index (κ3) is 4.80. The van der Waals surface area contributed by atoms with Crippen LogP contribution in [0.3, 0.4) is 0 Å². The van der Waals surface area contributed by atoms with Crippen molar-refractivity contribution in [2.45, 2.75) is 87.6 Å². The number of nitrogens with one attached hydrogen (secondary N) is 1. The summed E-state index contributed by atoms with van der Waals surface area (Å²) in [4.78, 5) is 3.04. The molecule has 0 atom stereocenters. The molecule has 5 heteroatoms. The first-order chi connectivity index (χ1) is 8.85. The quantitative estimate of drug-likeness (QED) is 0.714. The average Bonchev–Trinajstić information content (AvgIpc) is 2.04. The zero-order valence-corrected chi connectivity index (χ0v) is 17.4. The Kier molecular flexibility index (Phi) is 6.01. The predicted molar refractivity (Wildman–Crippen MR) is 95.5 cm³/mol. The van der Waals surface area contributed by atoms with Crippen molar-refractivity contribution in [3.05, 3.63) is 0 Å². The molecule has 0 aliphatic rings. The minimum atomic E-state index is -1.75. The predicted octanol–water partition coefficient (Wildman–Crippen LogP) is 5.26. The highest BCUT2D eigenvalue weighted by Gasteiger charge is 2.60. The minimum absolute atomic E-state index is 0.199. The molecule has 0 spiro atoms. The average molecular weight is 317 g/mol. The maximum absolute atomic E-state index is 14.7. The SMILES string of the molecule is CC(C)(C)C(OB(F)N[Si](C)(C)C)(C(C)(C)C)C(C)(C)C. The summed E-state index contributed by atoms with van der Waals surface area (Å²) in [6, 6.07) is 0. The molecule has 0 saturated heterocycles. The molecule has 0 aliphatic heterocycles. The summed E-state index contributed by atoms with van der Waals surface area (Å²) in [7, 11) is -3.18. The fourth-order valence-electron chi connectivity index (χ4n) is 4.43. The number of halogens is 1. The van der Waals surface area contributed by atoms with Gasteiger partial charge in [0.05, 0.1) is 5.60 Å². The van der Waals surface area contributed by atoms with Crippen molar-refractivity contribution in [3.8, 4) is 0 Å². The van der Waals surface area contributed by atoms with Crippen molar-refractivity contribution >= 4 is 15.6 Å². The van der Waals surface area contributed by atoms with E-state index < -0.39 is 21.2 Å². The lowest BCUT2D eigenvalue weighted by Gasteiger charge is -2.61. The molecule has 21 heavy (non-hydrogen) atoms. The standard InChI is InChI=1S/C16H37BFNOSi/c1-13(2,3)16(14(4,5)6,15(7,8)9)20-17(18)19-21(10,11)12/h19H,1-12H3. The molecule has 2 nitrogen and oxygen atoms in total. The van der Waals surface area contributed by atoms with Crippen LogP contribution in [0.2, 0.25) is 19.6 Å². The zero-order valence-electron chi connectivity index (χ0n) is 16.4. The van der Waals surface area contributed by atoms with E-state index in [0.29, 0.717) is 0 Å². The van der Waals surface area contributed by atoms with Gasteiger partial charge in [-0.25, -0.2) is 0 Å². The van der Waals surface area contributed by atoms with Gasteiger partial charge in [0.2, 0.25) is 0 Å². The number of rotatable bonds is 4. The maximum atomic E-state index is 14.7. The highest BCUT2D eigenvalue weighted by atomic mass is 28.3. The van der Waals surface area contributed by atoms with Crippen LogP contribution >= 0.6 is 0 Å².